The van der Waals surface area contributed by atoms with E-state index in [1.54, 1.807) is 0 Å². The first-order chi connectivity index (χ1) is 8.47. The fraction of sp³-hybridized carbons (Fsp3) is 0.714. The molecular formula is C14H24FN3. The zero-order valence-electron chi connectivity index (χ0n) is 12.0. The van der Waals surface area contributed by atoms with Crippen LogP contribution in [-0.4, -0.2) is 23.2 Å². The van der Waals surface area contributed by atoms with E-state index in [4.69, 9.17) is 0 Å². The zero-order chi connectivity index (χ0) is 13.7. The number of halogens is 1. The van der Waals surface area contributed by atoms with E-state index in [9.17, 15) is 4.39 Å². The van der Waals surface area contributed by atoms with Crippen molar-refractivity contribution < 1.29 is 4.39 Å². The molecule has 0 aliphatic rings. The smallest absolute Gasteiger partial charge is 0.142 e. The topological polar surface area (TPSA) is 37.8 Å². The van der Waals surface area contributed by atoms with E-state index in [1.807, 2.05) is 6.92 Å². The molecule has 102 valence electrons. The Hall–Kier alpha value is -1.03. The monoisotopic (exact) mass is 253 g/mol. The molecule has 0 bridgehead atoms. The summed E-state index contributed by atoms with van der Waals surface area (Å²) in [5.74, 6) is 1.56. The average molecular weight is 253 g/mol. The first-order valence-corrected chi connectivity index (χ1v) is 6.61. The van der Waals surface area contributed by atoms with Crippen LogP contribution in [-0.2, 0) is 6.54 Å². The molecule has 0 amide bonds. The summed E-state index contributed by atoms with van der Waals surface area (Å²) in [7, 11) is 0. The van der Waals surface area contributed by atoms with Crippen molar-refractivity contribution in [2.75, 3.05) is 13.2 Å². The van der Waals surface area contributed by atoms with Crippen LogP contribution in [0.3, 0.4) is 0 Å². The molecule has 0 saturated heterocycles. The maximum Gasteiger partial charge on any atom is 0.142 e. The van der Waals surface area contributed by atoms with Gasteiger partial charge in [0.15, 0.2) is 0 Å². The van der Waals surface area contributed by atoms with E-state index in [2.05, 4.69) is 43.0 Å². The van der Waals surface area contributed by atoms with Crippen molar-refractivity contribution in [3.63, 3.8) is 0 Å². The molecule has 3 nitrogen and oxygen atoms in total. The molecule has 1 N–H and O–H groups in total. The van der Waals surface area contributed by atoms with Crippen molar-refractivity contribution in [3.8, 4) is 0 Å². The lowest BCUT2D eigenvalue weighted by Crippen LogP contribution is -2.20. The average Bonchev–Trinajstić information content (AvgIpc) is 2.27. The second-order valence-electron chi connectivity index (χ2n) is 5.20. The molecule has 1 aromatic heterocycles. The largest absolute Gasteiger partial charge is 0.307 e. The van der Waals surface area contributed by atoms with Gasteiger partial charge in [0.2, 0.25) is 0 Å². The number of alkyl halides is 1. The highest BCUT2D eigenvalue weighted by molar-refractivity contribution is 5.30. The van der Waals surface area contributed by atoms with E-state index in [-0.39, 0.29) is 6.67 Å². The van der Waals surface area contributed by atoms with Crippen LogP contribution in [0.4, 0.5) is 4.39 Å². The van der Waals surface area contributed by atoms with Gasteiger partial charge in [-0.15, -0.1) is 0 Å². The molecule has 0 radical (unpaired) electrons. The van der Waals surface area contributed by atoms with E-state index in [1.165, 1.54) is 5.56 Å². The number of nitrogens with zero attached hydrogens (tertiary/aromatic N) is 2. The van der Waals surface area contributed by atoms with Crippen molar-refractivity contribution in [1.82, 2.24) is 15.3 Å². The molecule has 4 heteroatoms. The lowest BCUT2D eigenvalue weighted by molar-refractivity contribution is 0.463. The molecule has 0 atom stereocenters. The Balaban J connectivity index is 3.03. The molecule has 0 aliphatic carbocycles. The number of aromatic nitrogens is 2. The van der Waals surface area contributed by atoms with E-state index >= 15 is 0 Å². The van der Waals surface area contributed by atoms with Crippen LogP contribution in [0.2, 0.25) is 0 Å². The third kappa shape index (κ3) is 3.73. The molecule has 0 saturated carbocycles. The van der Waals surface area contributed by atoms with Gasteiger partial charge in [0.1, 0.15) is 12.5 Å². The normalized spacial score (nSPS) is 11.6. The van der Waals surface area contributed by atoms with Gasteiger partial charge in [-0.3, -0.25) is 0 Å². The predicted octanol–water partition coefficient (Wildman–Crippen LogP) is 3.09. The van der Waals surface area contributed by atoms with Crippen molar-refractivity contribution in [1.29, 1.82) is 0 Å². The number of aryl methyl sites for hydroxylation is 1. The number of hydrogen-bond acceptors (Lipinski definition) is 3. The Morgan fingerprint density at radius 1 is 1.11 bits per heavy atom. The van der Waals surface area contributed by atoms with Gasteiger partial charge >= 0.3 is 0 Å². The quantitative estimate of drug-likeness (QED) is 0.792. The molecule has 0 spiro atoms. The standard InChI is InChI=1S/C14H24FN3/c1-9(2)13-11(5)17-12(8-16-7-6-15)18-14(13)10(3)4/h9-10,16H,6-8H2,1-5H3. The summed E-state index contributed by atoms with van der Waals surface area (Å²) >= 11 is 0. The minimum absolute atomic E-state index is 0.353. The van der Waals surface area contributed by atoms with Crippen LogP contribution in [0.5, 0.6) is 0 Å². The molecule has 1 rings (SSSR count). The number of hydrogen-bond donors (Lipinski definition) is 1. The summed E-state index contributed by atoms with van der Waals surface area (Å²) in [5.41, 5.74) is 3.41. The van der Waals surface area contributed by atoms with Crippen LogP contribution in [0, 0.1) is 6.92 Å². The number of rotatable bonds is 6. The van der Waals surface area contributed by atoms with Gasteiger partial charge < -0.3 is 5.32 Å². The second-order valence-corrected chi connectivity index (χ2v) is 5.20. The molecular weight excluding hydrogens is 229 g/mol. The summed E-state index contributed by atoms with van der Waals surface area (Å²) in [4.78, 5) is 9.14. The first-order valence-electron chi connectivity index (χ1n) is 6.61. The fourth-order valence-electron chi connectivity index (χ4n) is 2.16. The Morgan fingerprint density at radius 3 is 2.28 bits per heavy atom. The predicted molar refractivity (Wildman–Crippen MR) is 72.6 cm³/mol. The molecule has 1 aromatic rings. The van der Waals surface area contributed by atoms with Gasteiger partial charge in [0, 0.05) is 12.2 Å². The molecule has 18 heavy (non-hydrogen) atoms. The summed E-state index contributed by atoms with van der Waals surface area (Å²) in [6.45, 7) is 11.2. The Morgan fingerprint density at radius 2 is 1.78 bits per heavy atom. The minimum atomic E-state index is -0.361. The van der Waals surface area contributed by atoms with Gasteiger partial charge in [-0.25, -0.2) is 14.4 Å². The Kier molecular flexibility index (Phi) is 5.66. The first kappa shape index (κ1) is 15.0. The van der Waals surface area contributed by atoms with E-state index in [0.717, 1.165) is 17.2 Å². The van der Waals surface area contributed by atoms with Gasteiger partial charge in [0.05, 0.1) is 12.2 Å². The lowest BCUT2D eigenvalue weighted by atomic mass is 9.94. The lowest BCUT2D eigenvalue weighted by Gasteiger charge is -2.18. The van der Waals surface area contributed by atoms with Crippen molar-refractivity contribution in [2.45, 2.75) is 53.0 Å². The third-order valence-electron chi connectivity index (χ3n) is 2.89. The van der Waals surface area contributed by atoms with Gasteiger partial charge in [-0.1, -0.05) is 27.7 Å². The van der Waals surface area contributed by atoms with Crippen molar-refractivity contribution in [3.05, 3.63) is 22.8 Å². The number of nitrogens with one attached hydrogen (secondary N) is 1. The molecule has 0 aliphatic heterocycles. The summed E-state index contributed by atoms with van der Waals surface area (Å²) in [6, 6.07) is 0. The highest BCUT2D eigenvalue weighted by Gasteiger charge is 2.16. The third-order valence-corrected chi connectivity index (χ3v) is 2.89. The maximum absolute atomic E-state index is 12.0. The molecule has 1 heterocycles. The zero-order valence-corrected chi connectivity index (χ0v) is 12.0. The van der Waals surface area contributed by atoms with E-state index in [0.29, 0.717) is 24.9 Å². The van der Waals surface area contributed by atoms with Crippen LogP contribution >= 0.6 is 0 Å². The minimum Gasteiger partial charge on any atom is -0.307 e. The Labute approximate surface area is 109 Å². The molecule has 0 fully saturated rings. The summed E-state index contributed by atoms with van der Waals surface area (Å²) in [6.07, 6.45) is 0. The van der Waals surface area contributed by atoms with Gasteiger partial charge in [0.25, 0.3) is 0 Å². The summed E-state index contributed by atoms with van der Waals surface area (Å²) in [5, 5.41) is 2.99. The molecule has 0 unspecified atom stereocenters. The van der Waals surface area contributed by atoms with Crippen LogP contribution in [0.25, 0.3) is 0 Å². The highest BCUT2D eigenvalue weighted by Crippen LogP contribution is 2.26. The van der Waals surface area contributed by atoms with Crippen molar-refractivity contribution in [2.24, 2.45) is 0 Å². The maximum atomic E-state index is 12.0. The summed E-state index contributed by atoms with van der Waals surface area (Å²) < 4.78 is 12.0. The van der Waals surface area contributed by atoms with Crippen LogP contribution in [0.15, 0.2) is 0 Å². The van der Waals surface area contributed by atoms with Gasteiger partial charge in [-0.2, -0.15) is 0 Å². The van der Waals surface area contributed by atoms with Crippen LogP contribution in [0.1, 0.15) is 62.3 Å². The highest BCUT2D eigenvalue weighted by atomic mass is 19.1. The second kappa shape index (κ2) is 6.78. The van der Waals surface area contributed by atoms with Crippen LogP contribution < -0.4 is 5.32 Å². The van der Waals surface area contributed by atoms with E-state index < -0.39 is 0 Å². The molecule has 0 aromatic carbocycles. The van der Waals surface area contributed by atoms with Gasteiger partial charge in [-0.05, 0) is 24.3 Å². The SMILES string of the molecule is Cc1nc(CNCCF)nc(C(C)C)c1C(C)C. The fourth-order valence-corrected chi connectivity index (χ4v) is 2.16. The van der Waals surface area contributed by atoms with Crippen molar-refractivity contribution >= 4 is 0 Å². The Bertz CT molecular complexity index is 389.